The van der Waals surface area contributed by atoms with Crippen LogP contribution in [0.5, 0.6) is 0 Å². The van der Waals surface area contributed by atoms with Crippen molar-refractivity contribution in [1.82, 2.24) is 31.1 Å². The molecule has 0 saturated heterocycles. The van der Waals surface area contributed by atoms with Gasteiger partial charge in [0.2, 0.25) is 23.6 Å². The second-order valence-corrected chi connectivity index (χ2v) is 12.0. The first-order chi connectivity index (χ1) is 26.0. The number of carbonyl (C=O) groups is 12. The average molecular weight is 809 g/mol. The molecule has 0 saturated carbocycles. The van der Waals surface area contributed by atoms with Gasteiger partial charge in [0, 0.05) is 38.8 Å². The normalized spacial score (nSPS) is 13.0. The summed E-state index contributed by atoms with van der Waals surface area (Å²) >= 11 is 0. The Morgan fingerprint density at radius 3 is 0.661 bits per heavy atom. The zero-order valence-corrected chi connectivity index (χ0v) is 29.6. The van der Waals surface area contributed by atoms with Crippen molar-refractivity contribution in [2.75, 3.05) is 39.3 Å². The molecular weight excluding hydrogens is 764 g/mol. The average Bonchev–Trinajstić information content (AvgIpc) is 3.06. The molecule has 0 heterocycles. The van der Waals surface area contributed by atoms with Crippen LogP contribution in [-0.4, -0.2) is 185 Å². The topological polar surface area (TPSA) is 421 Å². The van der Waals surface area contributed by atoms with E-state index in [1.165, 1.54) is 0 Å². The van der Waals surface area contributed by atoms with Gasteiger partial charge >= 0.3 is 47.8 Å². The zero-order chi connectivity index (χ0) is 43.1. The van der Waals surface area contributed by atoms with Gasteiger partial charge in [-0.3, -0.25) is 48.2 Å². The molecule has 0 aliphatic rings. The lowest BCUT2D eigenvalue weighted by atomic mass is 10.1. The van der Waals surface area contributed by atoms with Crippen LogP contribution in [0, 0.1) is 0 Å². The fourth-order valence-electron chi connectivity index (χ4n) is 4.58. The minimum Gasteiger partial charge on any atom is -0.481 e. The van der Waals surface area contributed by atoms with Gasteiger partial charge in [0.25, 0.3) is 0 Å². The molecular formula is C30H44N6O20. The van der Waals surface area contributed by atoms with Gasteiger partial charge < -0.3 is 62.1 Å². The van der Waals surface area contributed by atoms with Gasteiger partial charge in [0.1, 0.15) is 24.2 Å². The van der Waals surface area contributed by atoms with Crippen molar-refractivity contribution >= 4 is 71.4 Å². The number of nitrogens with zero attached hydrogens (tertiary/aromatic N) is 2. The predicted octanol–water partition coefficient (Wildman–Crippen LogP) is -4.67. The highest BCUT2D eigenvalue weighted by atomic mass is 16.4. The first kappa shape index (κ1) is 49.6. The Labute approximate surface area is 315 Å². The maximum Gasteiger partial charge on any atom is 0.326 e. The number of carboxylic acids is 8. The number of amides is 4. The lowest BCUT2D eigenvalue weighted by Gasteiger charge is -2.28. The van der Waals surface area contributed by atoms with E-state index in [0.29, 0.717) is 0 Å². The highest BCUT2D eigenvalue weighted by Crippen LogP contribution is 2.04. The fourth-order valence-corrected chi connectivity index (χ4v) is 4.58. The van der Waals surface area contributed by atoms with E-state index in [1.54, 1.807) is 0 Å². The van der Waals surface area contributed by atoms with Crippen LogP contribution in [0.1, 0.15) is 51.4 Å². The molecule has 4 amide bonds. The molecule has 26 nitrogen and oxygen atoms in total. The zero-order valence-electron chi connectivity index (χ0n) is 29.6. The standard InChI is InChI=1S/C30H44N6O20/c37-19(31-15(27(49)50)1-5-23(41)42)11-35(12-20(38)32-16(28(51)52)2-6-24(43)44)9-10-36(13-21(39)33-17(29(53)54)3-7-25(45)46)14-22(40)34-18(30(55)56)4-8-26(47)48/h15-18H,1-14H2,(H,31,37)(H,32,38)(H,33,39)(H,34,40)(H,41,42)(H,43,44)(H,45,46)(H,47,48)(H,49,50)(H,51,52)(H,53,54)(H,55,56). The molecule has 0 fully saturated rings. The van der Waals surface area contributed by atoms with Crippen LogP contribution >= 0.6 is 0 Å². The van der Waals surface area contributed by atoms with E-state index in [2.05, 4.69) is 21.3 Å². The van der Waals surface area contributed by atoms with Crippen molar-refractivity contribution in [1.29, 1.82) is 0 Å². The van der Waals surface area contributed by atoms with E-state index in [1.807, 2.05) is 0 Å². The van der Waals surface area contributed by atoms with Crippen molar-refractivity contribution in [2.45, 2.75) is 75.5 Å². The Kier molecular flexibility index (Phi) is 22.6. The molecule has 56 heavy (non-hydrogen) atoms. The van der Waals surface area contributed by atoms with E-state index in [0.717, 1.165) is 9.80 Å². The Bertz CT molecular complexity index is 1280. The van der Waals surface area contributed by atoms with Gasteiger partial charge in [-0.15, -0.1) is 0 Å². The third kappa shape index (κ3) is 23.3. The van der Waals surface area contributed by atoms with E-state index in [4.69, 9.17) is 20.4 Å². The summed E-state index contributed by atoms with van der Waals surface area (Å²) in [6, 6.07) is -6.90. The molecule has 0 spiro atoms. The highest BCUT2D eigenvalue weighted by molar-refractivity contribution is 5.88. The van der Waals surface area contributed by atoms with Crippen molar-refractivity contribution < 1.29 is 98.4 Å². The molecule has 0 aromatic rings. The van der Waals surface area contributed by atoms with Crippen molar-refractivity contribution in [3.05, 3.63) is 0 Å². The summed E-state index contributed by atoms with van der Waals surface area (Å²) in [5.74, 6) is -16.5. The molecule has 26 heteroatoms. The molecule has 314 valence electrons. The molecule has 0 aromatic heterocycles. The first-order valence-electron chi connectivity index (χ1n) is 16.4. The van der Waals surface area contributed by atoms with Gasteiger partial charge in [0.05, 0.1) is 26.2 Å². The quantitative estimate of drug-likeness (QED) is 0.0313. The van der Waals surface area contributed by atoms with Crippen molar-refractivity contribution in [2.24, 2.45) is 0 Å². The highest BCUT2D eigenvalue weighted by Gasteiger charge is 2.28. The first-order valence-corrected chi connectivity index (χ1v) is 16.4. The number of hydrogen-bond acceptors (Lipinski definition) is 14. The van der Waals surface area contributed by atoms with Gasteiger partial charge in [-0.25, -0.2) is 19.2 Å². The summed E-state index contributed by atoms with van der Waals surface area (Å²) < 4.78 is 0. The second kappa shape index (κ2) is 25.6. The second-order valence-electron chi connectivity index (χ2n) is 12.0. The predicted molar refractivity (Wildman–Crippen MR) is 179 cm³/mol. The fraction of sp³-hybridized carbons (Fsp3) is 0.600. The number of carbonyl (C=O) groups excluding carboxylic acids is 4. The summed E-state index contributed by atoms with van der Waals surface area (Å²) in [4.78, 5) is 144. The summed E-state index contributed by atoms with van der Waals surface area (Å²) in [6.45, 7) is -4.51. The maximum atomic E-state index is 12.9. The minimum absolute atomic E-state index is 0.524. The number of rotatable bonds is 31. The van der Waals surface area contributed by atoms with Crippen LogP contribution in [0.4, 0.5) is 0 Å². The lowest BCUT2D eigenvalue weighted by Crippen LogP contribution is -2.53. The monoisotopic (exact) mass is 808 g/mol. The van der Waals surface area contributed by atoms with E-state index < -0.39 is 186 Å². The summed E-state index contributed by atoms with van der Waals surface area (Å²) in [6.07, 6.45) is -4.95. The maximum absolute atomic E-state index is 12.9. The molecule has 0 aliphatic heterocycles. The van der Waals surface area contributed by atoms with Crippen LogP contribution in [0.15, 0.2) is 0 Å². The van der Waals surface area contributed by atoms with Gasteiger partial charge in [-0.2, -0.15) is 0 Å². The Hall–Kier alpha value is -6.44. The molecule has 0 radical (unpaired) electrons. The van der Waals surface area contributed by atoms with E-state index in [9.17, 15) is 78.0 Å². The number of hydrogen-bond donors (Lipinski definition) is 12. The van der Waals surface area contributed by atoms with Crippen LogP contribution in [-0.2, 0) is 57.5 Å². The van der Waals surface area contributed by atoms with Crippen LogP contribution in [0.2, 0.25) is 0 Å². The number of aliphatic carboxylic acids is 8. The lowest BCUT2D eigenvalue weighted by molar-refractivity contribution is -0.144. The van der Waals surface area contributed by atoms with E-state index >= 15 is 0 Å². The third-order valence-corrected chi connectivity index (χ3v) is 7.32. The molecule has 0 aromatic carbocycles. The van der Waals surface area contributed by atoms with Crippen LogP contribution in [0.25, 0.3) is 0 Å². The van der Waals surface area contributed by atoms with E-state index in [-0.39, 0.29) is 0 Å². The van der Waals surface area contributed by atoms with Crippen LogP contribution < -0.4 is 21.3 Å². The molecule has 0 aliphatic carbocycles. The van der Waals surface area contributed by atoms with Gasteiger partial charge in [-0.1, -0.05) is 0 Å². The van der Waals surface area contributed by atoms with Crippen LogP contribution in [0.3, 0.4) is 0 Å². The minimum atomic E-state index is -1.72. The molecule has 4 unspecified atom stereocenters. The number of carboxylic acid groups (broad SMARTS) is 8. The number of nitrogens with one attached hydrogen (secondary N) is 4. The smallest absolute Gasteiger partial charge is 0.326 e. The SMILES string of the molecule is O=C(O)CCC(NC(=O)CN(CCN(CC(=O)NC(CCC(=O)O)C(=O)O)CC(=O)NC(CCC(=O)O)C(=O)O)CC(=O)NC(CCC(=O)O)C(=O)O)C(=O)O. The van der Waals surface area contributed by atoms with Gasteiger partial charge in [0.15, 0.2) is 0 Å². The molecule has 0 bridgehead atoms. The summed E-state index contributed by atoms with van der Waals surface area (Å²) in [5, 5.41) is 81.5. The van der Waals surface area contributed by atoms with Crippen molar-refractivity contribution in [3.8, 4) is 0 Å². The van der Waals surface area contributed by atoms with Crippen molar-refractivity contribution in [3.63, 3.8) is 0 Å². The molecule has 0 rings (SSSR count). The summed E-state index contributed by atoms with van der Waals surface area (Å²) in [7, 11) is 0. The Balaban J connectivity index is 6.45. The molecule has 4 atom stereocenters. The van der Waals surface area contributed by atoms with Gasteiger partial charge in [-0.05, 0) is 25.7 Å². The Morgan fingerprint density at radius 1 is 0.339 bits per heavy atom. The Morgan fingerprint density at radius 2 is 0.518 bits per heavy atom. The summed E-state index contributed by atoms with van der Waals surface area (Å²) in [5.41, 5.74) is 0. The largest absolute Gasteiger partial charge is 0.481 e. The molecule has 12 N–H and O–H groups in total. The third-order valence-electron chi connectivity index (χ3n) is 7.32.